The standard InChI is InChI=1S/C12H18N4O2S/c1-7-3-10(11(13)19)15-12(14-7)16-4-9(5-17)18-6-8(16)2/h3,8-9,17H,4-6H2,1-2H3,(H2,13,19). The summed E-state index contributed by atoms with van der Waals surface area (Å²) in [4.78, 5) is 11.1. The molecule has 0 spiro atoms. The van der Waals surface area contributed by atoms with Gasteiger partial charge in [-0.3, -0.25) is 0 Å². The second-order valence-electron chi connectivity index (χ2n) is 4.70. The normalized spacial score (nSPS) is 23.4. The van der Waals surface area contributed by atoms with Crippen LogP contribution in [0.15, 0.2) is 6.07 Å². The van der Waals surface area contributed by atoms with Crippen molar-refractivity contribution in [2.75, 3.05) is 24.7 Å². The van der Waals surface area contributed by atoms with Crippen molar-refractivity contribution < 1.29 is 9.84 Å². The van der Waals surface area contributed by atoms with Gasteiger partial charge in [0.2, 0.25) is 5.95 Å². The van der Waals surface area contributed by atoms with Crippen molar-refractivity contribution in [2.45, 2.75) is 26.0 Å². The molecule has 19 heavy (non-hydrogen) atoms. The number of thiocarbonyl (C=S) groups is 1. The molecule has 2 unspecified atom stereocenters. The van der Waals surface area contributed by atoms with Gasteiger partial charge in [0.05, 0.1) is 25.4 Å². The molecule has 0 radical (unpaired) electrons. The first-order valence-corrected chi connectivity index (χ1v) is 6.56. The summed E-state index contributed by atoms with van der Waals surface area (Å²) in [5.41, 5.74) is 7.01. The highest BCUT2D eigenvalue weighted by Gasteiger charge is 2.27. The highest BCUT2D eigenvalue weighted by Crippen LogP contribution is 2.19. The van der Waals surface area contributed by atoms with Crippen molar-refractivity contribution in [1.29, 1.82) is 0 Å². The van der Waals surface area contributed by atoms with Gasteiger partial charge in [-0.2, -0.15) is 0 Å². The van der Waals surface area contributed by atoms with Crippen molar-refractivity contribution >= 4 is 23.2 Å². The average Bonchev–Trinajstić information content (AvgIpc) is 2.38. The van der Waals surface area contributed by atoms with Crippen LogP contribution in [-0.2, 0) is 4.74 Å². The fraction of sp³-hybridized carbons (Fsp3) is 0.583. The minimum Gasteiger partial charge on any atom is -0.394 e. The van der Waals surface area contributed by atoms with Crippen LogP contribution in [0.3, 0.4) is 0 Å². The maximum absolute atomic E-state index is 9.21. The molecule has 0 amide bonds. The van der Waals surface area contributed by atoms with E-state index in [1.807, 2.05) is 18.7 Å². The molecular formula is C12H18N4O2S. The van der Waals surface area contributed by atoms with Crippen LogP contribution in [0.1, 0.15) is 18.3 Å². The van der Waals surface area contributed by atoms with Gasteiger partial charge in [-0.05, 0) is 19.9 Å². The number of nitrogens with two attached hydrogens (primary N) is 1. The second kappa shape index (κ2) is 5.77. The number of anilines is 1. The first kappa shape index (κ1) is 14.1. The number of rotatable bonds is 3. The molecule has 0 saturated carbocycles. The molecular weight excluding hydrogens is 264 g/mol. The van der Waals surface area contributed by atoms with Gasteiger partial charge in [-0.1, -0.05) is 12.2 Å². The maximum Gasteiger partial charge on any atom is 0.226 e. The summed E-state index contributed by atoms with van der Waals surface area (Å²) in [7, 11) is 0. The van der Waals surface area contributed by atoms with Gasteiger partial charge >= 0.3 is 0 Å². The zero-order valence-corrected chi connectivity index (χ0v) is 11.9. The number of ether oxygens (including phenoxy) is 1. The molecule has 1 saturated heterocycles. The van der Waals surface area contributed by atoms with E-state index in [2.05, 4.69) is 9.97 Å². The Balaban J connectivity index is 2.31. The van der Waals surface area contributed by atoms with Gasteiger partial charge in [0.25, 0.3) is 0 Å². The molecule has 1 aromatic rings. The van der Waals surface area contributed by atoms with Crippen molar-refractivity contribution in [3.8, 4) is 0 Å². The maximum atomic E-state index is 9.21. The van der Waals surface area contributed by atoms with E-state index < -0.39 is 0 Å². The zero-order valence-electron chi connectivity index (χ0n) is 11.0. The summed E-state index contributed by atoms with van der Waals surface area (Å²) in [5.74, 6) is 0.581. The predicted octanol–water partition coefficient (Wildman–Crippen LogP) is 0.00522. The van der Waals surface area contributed by atoms with Crippen LogP contribution in [0.5, 0.6) is 0 Å². The van der Waals surface area contributed by atoms with Crippen molar-refractivity contribution in [3.63, 3.8) is 0 Å². The summed E-state index contributed by atoms with van der Waals surface area (Å²) in [6.45, 7) is 4.97. The molecule has 104 valence electrons. The molecule has 7 heteroatoms. The summed E-state index contributed by atoms with van der Waals surface area (Å²) < 4.78 is 5.50. The Kier molecular flexibility index (Phi) is 4.28. The lowest BCUT2D eigenvalue weighted by atomic mass is 10.2. The lowest BCUT2D eigenvalue weighted by Crippen LogP contribution is -2.50. The molecule has 2 rings (SSSR count). The van der Waals surface area contributed by atoms with Crippen LogP contribution < -0.4 is 10.6 Å². The molecule has 1 aliphatic heterocycles. The topological polar surface area (TPSA) is 84.5 Å². The van der Waals surface area contributed by atoms with Crippen LogP contribution in [0, 0.1) is 6.92 Å². The molecule has 3 N–H and O–H groups in total. The van der Waals surface area contributed by atoms with E-state index in [0.29, 0.717) is 24.8 Å². The van der Waals surface area contributed by atoms with E-state index in [1.165, 1.54) is 0 Å². The third kappa shape index (κ3) is 3.17. The van der Waals surface area contributed by atoms with Gasteiger partial charge < -0.3 is 20.5 Å². The van der Waals surface area contributed by atoms with Gasteiger partial charge in [0.15, 0.2) is 0 Å². The highest BCUT2D eigenvalue weighted by atomic mass is 32.1. The first-order valence-electron chi connectivity index (χ1n) is 6.16. The van der Waals surface area contributed by atoms with Crippen LogP contribution >= 0.6 is 12.2 Å². The third-order valence-corrected chi connectivity index (χ3v) is 3.27. The van der Waals surface area contributed by atoms with Crippen molar-refractivity contribution in [1.82, 2.24) is 9.97 Å². The zero-order chi connectivity index (χ0) is 14.0. The molecule has 6 nitrogen and oxygen atoms in total. The molecule has 0 aliphatic carbocycles. The fourth-order valence-electron chi connectivity index (χ4n) is 2.01. The quantitative estimate of drug-likeness (QED) is 0.755. The molecule has 1 aliphatic rings. The van der Waals surface area contributed by atoms with Crippen LogP contribution in [-0.4, -0.2) is 52.0 Å². The van der Waals surface area contributed by atoms with Crippen molar-refractivity contribution in [3.05, 3.63) is 17.5 Å². The Morgan fingerprint density at radius 1 is 1.63 bits per heavy atom. The molecule has 0 aromatic carbocycles. The summed E-state index contributed by atoms with van der Waals surface area (Å²) >= 11 is 4.96. The Morgan fingerprint density at radius 2 is 2.37 bits per heavy atom. The second-order valence-corrected chi connectivity index (χ2v) is 5.14. The van der Waals surface area contributed by atoms with Crippen LogP contribution in [0.2, 0.25) is 0 Å². The first-order chi connectivity index (χ1) is 9.01. The van der Waals surface area contributed by atoms with Gasteiger partial charge in [-0.25, -0.2) is 9.97 Å². The molecule has 0 bridgehead atoms. The minimum absolute atomic E-state index is 0.0167. The largest absolute Gasteiger partial charge is 0.394 e. The lowest BCUT2D eigenvalue weighted by Gasteiger charge is -2.37. The van der Waals surface area contributed by atoms with E-state index in [0.717, 1.165) is 5.69 Å². The Hall–Kier alpha value is -1.31. The summed E-state index contributed by atoms with van der Waals surface area (Å²) in [6, 6.07) is 1.91. The van der Waals surface area contributed by atoms with E-state index >= 15 is 0 Å². The van der Waals surface area contributed by atoms with E-state index in [4.69, 9.17) is 22.7 Å². The van der Waals surface area contributed by atoms with E-state index in [1.54, 1.807) is 6.07 Å². The Morgan fingerprint density at radius 3 is 3.00 bits per heavy atom. The SMILES string of the molecule is Cc1cc(C(N)=S)nc(N2CC(CO)OCC2C)n1. The van der Waals surface area contributed by atoms with Gasteiger partial charge in [0.1, 0.15) is 10.7 Å². The van der Waals surface area contributed by atoms with Crippen molar-refractivity contribution in [2.24, 2.45) is 5.73 Å². The van der Waals surface area contributed by atoms with Crippen LogP contribution in [0.25, 0.3) is 0 Å². The van der Waals surface area contributed by atoms with E-state index in [9.17, 15) is 5.11 Å². The third-order valence-electron chi connectivity index (χ3n) is 3.06. The smallest absolute Gasteiger partial charge is 0.226 e. The predicted molar refractivity (Wildman–Crippen MR) is 76.3 cm³/mol. The monoisotopic (exact) mass is 282 g/mol. The number of aromatic nitrogens is 2. The van der Waals surface area contributed by atoms with Gasteiger partial charge in [0, 0.05) is 12.2 Å². The minimum atomic E-state index is -0.214. The number of aliphatic hydroxyl groups is 1. The summed E-state index contributed by atoms with van der Waals surface area (Å²) in [5, 5.41) is 9.21. The molecule has 2 atom stereocenters. The molecule has 2 heterocycles. The van der Waals surface area contributed by atoms with E-state index in [-0.39, 0.29) is 23.7 Å². The lowest BCUT2D eigenvalue weighted by molar-refractivity contribution is -0.0108. The Bertz CT molecular complexity index is 483. The van der Waals surface area contributed by atoms with Gasteiger partial charge in [-0.15, -0.1) is 0 Å². The molecule has 1 fully saturated rings. The number of aryl methyl sites for hydroxylation is 1. The molecule has 1 aromatic heterocycles. The summed E-state index contributed by atoms with van der Waals surface area (Å²) in [6.07, 6.45) is -0.214. The number of morpholine rings is 1. The highest BCUT2D eigenvalue weighted by molar-refractivity contribution is 7.80. The van der Waals surface area contributed by atoms with Crippen LogP contribution in [0.4, 0.5) is 5.95 Å². The number of hydrogen-bond donors (Lipinski definition) is 2. The number of hydrogen-bond acceptors (Lipinski definition) is 6. The fourth-order valence-corrected chi connectivity index (χ4v) is 2.12. The number of aliphatic hydroxyl groups excluding tert-OH is 1. The number of nitrogens with zero attached hydrogens (tertiary/aromatic N) is 3. The Labute approximate surface area is 117 Å². The average molecular weight is 282 g/mol.